The number of hydrogen-bond donors (Lipinski definition) is 2. The maximum absolute atomic E-state index is 13.1. The lowest BCUT2D eigenvalue weighted by atomic mass is 9.90. The smallest absolute Gasteiger partial charge is 0.330 e. The van der Waals surface area contributed by atoms with Gasteiger partial charge in [-0.25, -0.2) is 9.78 Å². The van der Waals surface area contributed by atoms with Crippen LogP contribution in [-0.4, -0.2) is 33.0 Å². The number of carboxylic acid groups (broad SMARTS) is 1. The molecule has 1 amide bonds. The maximum Gasteiger partial charge on any atom is 0.330 e. The van der Waals surface area contributed by atoms with E-state index >= 15 is 0 Å². The van der Waals surface area contributed by atoms with Crippen LogP contribution < -0.4 is 10.1 Å². The van der Waals surface area contributed by atoms with E-state index in [-0.39, 0.29) is 0 Å². The highest BCUT2D eigenvalue weighted by Crippen LogP contribution is 2.27. The molecule has 1 atom stereocenters. The van der Waals surface area contributed by atoms with Gasteiger partial charge in [0.15, 0.2) is 17.4 Å². The van der Waals surface area contributed by atoms with Crippen LogP contribution in [0.4, 0.5) is 0 Å². The summed E-state index contributed by atoms with van der Waals surface area (Å²) in [5, 5.41) is 12.3. The third-order valence-corrected chi connectivity index (χ3v) is 5.86. The Morgan fingerprint density at radius 3 is 2.61 bits per heavy atom. The lowest BCUT2D eigenvalue weighted by Gasteiger charge is -2.21. The van der Waals surface area contributed by atoms with Gasteiger partial charge in [-0.3, -0.25) is 9.20 Å². The molecule has 2 N–H and O–H groups in total. The van der Waals surface area contributed by atoms with Crippen molar-refractivity contribution in [2.24, 2.45) is 5.92 Å². The summed E-state index contributed by atoms with van der Waals surface area (Å²) < 4.78 is 7.76. The molecule has 0 unspecified atom stereocenters. The Labute approximate surface area is 181 Å². The molecule has 1 fully saturated rings. The van der Waals surface area contributed by atoms with Crippen LogP contribution in [0.2, 0.25) is 0 Å². The van der Waals surface area contributed by atoms with E-state index in [1.807, 2.05) is 12.1 Å². The van der Waals surface area contributed by atoms with Gasteiger partial charge in [0.2, 0.25) is 0 Å². The van der Waals surface area contributed by atoms with Crippen molar-refractivity contribution < 1.29 is 19.4 Å². The maximum atomic E-state index is 13.1. The van der Waals surface area contributed by atoms with Crippen molar-refractivity contribution in [1.29, 1.82) is 0 Å². The lowest BCUT2D eigenvalue weighted by molar-refractivity contribution is -0.139. The van der Waals surface area contributed by atoms with E-state index in [0.29, 0.717) is 40.9 Å². The number of carbonyl (C=O) groups is 2. The predicted octanol–water partition coefficient (Wildman–Crippen LogP) is 4.16. The molecule has 1 aliphatic rings. The number of benzene rings is 1. The van der Waals surface area contributed by atoms with Crippen LogP contribution in [0, 0.1) is 12.8 Å². The standard InChI is InChI=1S/C24H27N3O4/c1-16-21(23(28)26-20(24(29)30)18-11-6-3-7-12-18)27-14-8-13-19(22(27)25-16)31-15-17-9-4-2-5-10-17/h3,6-8,11-14,17,20H,2,4-5,9-10,15H2,1H3,(H,26,28)(H,29,30)/t20-/m0/s1. The number of aromatic nitrogens is 2. The van der Waals surface area contributed by atoms with Gasteiger partial charge in [0.25, 0.3) is 5.91 Å². The SMILES string of the molecule is Cc1nc2c(OCC3CCCCC3)cccn2c1C(=O)N[C@H](C(=O)O)c1ccccc1. The summed E-state index contributed by atoms with van der Waals surface area (Å²) >= 11 is 0. The fourth-order valence-corrected chi connectivity index (χ4v) is 4.24. The summed E-state index contributed by atoms with van der Waals surface area (Å²) in [6, 6.07) is 11.2. The van der Waals surface area contributed by atoms with Crippen LogP contribution >= 0.6 is 0 Å². The number of carbonyl (C=O) groups excluding carboxylic acids is 1. The van der Waals surface area contributed by atoms with Crippen molar-refractivity contribution in [3.8, 4) is 5.75 Å². The summed E-state index contributed by atoms with van der Waals surface area (Å²) in [7, 11) is 0. The van der Waals surface area contributed by atoms with Gasteiger partial charge in [0, 0.05) is 6.20 Å². The minimum Gasteiger partial charge on any atom is -0.489 e. The van der Waals surface area contributed by atoms with Gasteiger partial charge in [-0.15, -0.1) is 0 Å². The number of hydrogen-bond acceptors (Lipinski definition) is 4. The molecule has 7 heteroatoms. The molecule has 2 heterocycles. The molecule has 3 aromatic rings. The highest BCUT2D eigenvalue weighted by Gasteiger charge is 2.26. The highest BCUT2D eigenvalue weighted by atomic mass is 16.5. The Kier molecular flexibility index (Phi) is 6.21. The number of fused-ring (bicyclic) bond motifs is 1. The number of pyridine rings is 1. The molecule has 0 spiro atoms. The van der Waals surface area contributed by atoms with Gasteiger partial charge in [-0.2, -0.15) is 0 Å². The molecule has 1 aromatic carbocycles. The van der Waals surface area contributed by atoms with E-state index in [1.165, 1.54) is 32.1 Å². The number of aryl methyl sites for hydroxylation is 1. The zero-order valence-corrected chi connectivity index (χ0v) is 17.6. The number of rotatable bonds is 7. The van der Waals surface area contributed by atoms with Crippen LogP contribution in [-0.2, 0) is 4.79 Å². The first-order chi connectivity index (χ1) is 15.0. The fourth-order valence-electron chi connectivity index (χ4n) is 4.24. The first-order valence-corrected chi connectivity index (χ1v) is 10.7. The highest BCUT2D eigenvalue weighted by molar-refractivity contribution is 5.97. The minimum atomic E-state index is -1.15. The minimum absolute atomic E-state index is 0.306. The summed E-state index contributed by atoms with van der Waals surface area (Å²) in [6.45, 7) is 2.38. The number of nitrogens with zero attached hydrogens (tertiary/aromatic N) is 2. The van der Waals surface area contributed by atoms with Crippen LogP contribution in [0.1, 0.15) is 59.9 Å². The molecule has 0 bridgehead atoms. The van der Waals surface area contributed by atoms with Crippen molar-refractivity contribution in [1.82, 2.24) is 14.7 Å². The summed E-state index contributed by atoms with van der Waals surface area (Å²) in [6.07, 6.45) is 7.90. The summed E-state index contributed by atoms with van der Waals surface area (Å²) in [5.74, 6) is -0.434. The second-order valence-corrected chi connectivity index (χ2v) is 8.08. The molecule has 0 aliphatic heterocycles. The van der Waals surface area contributed by atoms with E-state index in [9.17, 15) is 14.7 Å². The van der Waals surface area contributed by atoms with Crippen LogP contribution in [0.3, 0.4) is 0 Å². The van der Waals surface area contributed by atoms with Gasteiger partial charge in [0.1, 0.15) is 5.69 Å². The molecular weight excluding hydrogens is 394 g/mol. The van der Waals surface area contributed by atoms with Crippen LogP contribution in [0.5, 0.6) is 5.75 Å². The number of carboxylic acids is 1. The molecule has 0 radical (unpaired) electrons. The Bertz CT molecular complexity index is 1070. The second kappa shape index (κ2) is 9.20. The summed E-state index contributed by atoms with van der Waals surface area (Å²) in [5.41, 5.74) is 1.89. The van der Waals surface area contributed by atoms with Gasteiger partial charge in [-0.05, 0) is 43.4 Å². The molecule has 1 aliphatic carbocycles. The molecule has 2 aromatic heterocycles. The largest absolute Gasteiger partial charge is 0.489 e. The zero-order valence-electron chi connectivity index (χ0n) is 17.6. The third-order valence-electron chi connectivity index (χ3n) is 5.86. The molecule has 7 nitrogen and oxygen atoms in total. The van der Waals surface area contributed by atoms with Crippen molar-refractivity contribution >= 4 is 17.5 Å². The topological polar surface area (TPSA) is 92.9 Å². The predicted molar refractivity (Wildman–Crippen MR) is 116 cm³/mol. The van der Waals surface area contributed by atoms with Crippen LogP contribution in [0.15, 0.2) is 48.7 Å². The molecule has 31 heavy (non-hydrogen) atoms. The van der Waals surface area contributed by atoms with Crippen molar-refractivity contribution in [3.05, 3.63) is 65.6 Å². The fraction of sp³-hybridized carbons (Fsp3) is 0.375. The first-order valence-electron chi connectivity index (χ1n) is 10.7. The monoisotopic (exact) mass is 421 g/mol. The van der Waals surface area contributed by atoms with Gasteiger partial charge in [0.05, 0.1) is 12.3 Å². The normalized spacial score (nSPS) is 15.5. The van der Waals surface area contributed by atoms with Gasteiger partial charge < -0.3 is 15.2 Å². The number of nitrogens with one attached hydrogen (secondary N) is 1. The van der Waals surface area contributed by atoms with E-state index < -0.39 is 17.9 Å². The molecule has 4 rings (SSSR count). The average molecular weight is 421 g/mol. The average Bonchev–Trinajstić information content (AvgIpc) is 3.13. The van der Waals surface area contributed by atoms with E-state index in [4.69, 9.17) is 4.74 Å². The quantitative estimate of drug-likeness (QED) is 0.598. The van der Waals surface area contributed by atoms with Gasteiger partial charge in [-0.1, -0.05) is 49.6 Å². The Morgan fingerprint density at radius 1 is 1.16 bits per heavy atom. The Balaban J connectivity index is 1.58. The zero-order chi connectivity index (χ0) is 21.8. The third kappa shape index (κ3) is 4.55. The van der Waals surface area contributed by atoms with Crippen molar-refractivity contribution in [2.75, 3.05) is 6.61 Å². The lowest BCUT2D eigenvalue weighted by Crippen LogP contribution is -2.34. The number of amides is 1. The Hall–Kier alpha value is -3.35. The van der Waals surface area contributed by atoms with E-state index in [1.54, 1.807) is 47.9 Å². The number of aliphatic carboxylic acids is 1. The van der Waals surface area contributed by atoms with Crippen molar-refractivity contribution in [2.45, 2.75) is 45.1 Å². The second-order valence-electron chi connectivity index (χ2n) is 8.08. The molecule has 162 valence electrons. The molecule has 1 saturated carbocycles. The number of ether oxygens (including phenoxy) is 1. The molecule has 0 saturated heterocycles. The van der Waals surface area contributed by atoms with E-state index in [2.05, 4.69) is 10.3 Å². The van der Waals surface area contributed by atoms with E-state index in [0.717, 1.165) is 0 Å². The summed E-state index contributed by atoms with van der Waals surface area (Å²) in [4.78, 5) is 29.4. The molecular formula is C24H27N3O4. The Morgan fingerprint density at radius 2 is 1.90 bits per heavy atom. The van der Waals surface area contributed by atoms with Crippen LogP contribution in [0.25, 0.3) is 5.65 Å². The van der Waals surface area contributed by atoms with Gasteiger partial charge >= 0.3 is 5.97 Å². The first kappa shape index (κ1) is 20.9. The van der Waals surface area contributed by atoms with Crippen molar-refractivity contribution in [3.63, 3.8) is 0 Å². The number of imidazole rings is 1.